The molecule has 0 aromatic carbocycles. The van der Waals surface area contributed by atoms with Crippen LogP contribution in [-0.4, -0.2) is 42.0 Å². The summed E-state index contributed by atoms with van der Waals surface area (Å²) in [5, 5.41) is 3.79. The van der Waals surface area contributed by atoms with Crippen LogP contribution < -0.4 is 0 Å². The van der Waals surface area contributed by atoms with Crippen LogP contribution in [0.15, 0.2) is 18.3 Å². The first-order chi connectivity index (χ1) is 13.4. The maximum Gasteiger partial charge on any atom is 0.433 e. The van der Waals surface area contributed by atoms with E-state index in [1.54, 1.807) is 6.92 Å². The van der Waals surface area contributed by atoms with Gasteiger partial charge in [0, 0.05) is 32.0 Å². The van der Waals surface area contributed by atoms with Gasteiger partial charge in [-0.3, -0.25) is 0 Å². The number of aromatic nitrogens is 3. The van der Waals surface area contributed by atoms with E-state index in [2.05, 4.69) is 29.7 Å². The second-order valence-corrected chi connectivity index (χ2v) is 13.5. The number of pyridine rings is 1. The first-order valence-corrected chi connectivity index (χ1v) is 13.1. The molecule has 2 rings (SSSR count). The largest absolute Gasteiger partial charge is 0.461 e. The zero-order valence-electron chi connectivity index (χ0n) is 16.6. The van der Waals surface area contributed by atoms with E-state index < -0.39 is 25.9 Å². The number of carbonyl (C=O) groups is 1. The number of esters is 1. The maximum absolute atomic E-state index is 12.8. The van der Waals surface area contributed by atoms with Gasteiger partial charge < -0.3 is 9.47 Å². The fourth-order valence-corrected chi connectivity index (χ4v) is 3.38. The van der Waals surface area contributed by atoms with Gasteiger partial charge in [-0.1, -0.05) is 31.2 Å². The third kappa shape index (κ3) is 6.55. The molecule has 0 unspecified atom stereocenters. The Labute approximate surface area is 173 Å². The van der Waals surface area contributed by atoms with E-state index >= 15 is 0 Å². The normalized spacial score (nSPS) is 12.3. The lowest BCUT2D eigenvalue weighted by Crippen LogP contribution is -2.22. The lowest BCUT2D eigenvalue weighted by Gasteiger charge is -2.15. The van der Waals surface area contributed by atoms with Gasteiger partial charge in [-0.2, -0.15) is 18.3 Å². The van der Waals surface area contributed by atoms with Gasteiger partial charge in [-0.05, 0) is 25.1 Å². The molecule has 6 nitrogen and oxygen atoms in total. The standard InChI is InChI=1S/C18H23ClF3N3O3Si/c1-5-28-17(26)15-13(10-25(24-15)11-27-8-9-29(2,3)4)12-6-7-14(18(20,21)22)23-16(12)19/h6-7,10H,5,8-9,11H2,1-4H3. The molecule has 2 aromatic heterocycles. The molecule has 0 N–H and O–H groups in total. The van der Waals surface area contributed by atoms with Crippen molar-refractivity contribution >= 4 is 25.6 Å². The molecular weight excluding hydrogens is 427 g/mol. The van der Waals surface area contributed by atoms with Gasteiger partial charge in [0.2, 0.25) is 0 Å². The molecule has 0 aliphatic carbocycles. The molecule has 160 valence electrons. The number of rotatable bonds is 8. The van der Waals surface area contributed by atoms with Crippen LogP contribution >= 0.6 is 11.6 Å². The molecule has 0 radical (unpaired) electrons. The topological polar surface area (TPSA) is 66.2 Å². The van der Waals surface area contributed by atoms with Gasteiger partial charge in [-0.15, -0.1) is 0 Å². The van der Waals surface area contributed by atoms with E-state index in [9.17, 15) is 18.0 Å². The van der Waals surface area contributed by atoms with Crippen LogP contribution in [0, 0.1) is 0 Å². The average Bonchev–Trinajstić information content (AvgIpc) is 3.01. The fraction of sp³-hybridized carbons (Fsp3) is 0.500. The lowest BCUT2D eigenvalue weighted by molar-refractivity contribution is -0.141. The first-order valence-electron chi connectivity index (χ1n) is 8.99. The van der Waals surface area contributed by atoms with Gasteiger partial charge in [0.15, 0.2) is 5.69 Å². The molecule has 0 aliphatic rings. The SMILES string of the molecule is CCOC(=O)c1nn(COCC[Si](C)(C)C)cc1-c1ccc(C(F)(F)F)nc1Cl. The van der Waals surface area contributed by atoms with Crippen molar-refractivity contribution in [2.75, 3.05) is 13.2 Å². The molecular formula is C18H23ClF3N3O3Si. The number of halogens is 4. The fourth-order valence-electron chi connectivity index (χ4n) is 2.36. The summed E-state index contributed by atoms with van der Waals surface area (Å²) in [6.07, 6.45) is -3.14. The van der Waals surface area contributed by atoms with E-state index in [4.69, 9.17) is 21.1 Å². The van der Waals surface area contributed by atoms with E-state index in [1.165, 1.54) is 10.9 Å². The molecule has 29 heavy (non-hydrogen) atoms. The van der Waals surface area contributed by atoms with Crippen LogP contribution in [0.5, 0.6) is 0 Å². The molecule has 0 fully saturated rings. The number of nitrogens with zero attached hydrogens (tertiary/aromatic N) is 3. The molecule has 0 spiro atoms. The van der Waals surface area contributed by atoms with Gasteiger partial charge in [0.05, 0.1) is 6.61 Å². The monoisotopic (exact) mass is 449 g/mol. The minimum Gasteiger partial charge on any atom is -0.461 e. The Hall–Kier alpha value is -1.91. The van der Waals surface area contributed by atoms with Crippen LogP contribution in [0.4, 0.5) is 13.2 Å². The Balaban J connectivity index is 2.32. The molecule has 0 amide bonds. The minimum atomic E-state index is -4.62. The first kappa shape index (κ1) is 23.4. The zero-order chi connectivity index (χ0) is 21.8. The zero-order valence-corrected chi connectivity index (χ0v) is 18.4. The number of hydrogen-bond acceptors (Lipinski definition) is 5. The van der Waals surface area contributed by atoms with Crippen molar-refractivity contribution in [3.05, 3.63) is 34.9 Å². The summed E-state index contributed by atoms with van der Waals surface area (Å²) in [6.45, 7) is 9.06. The third-order valence-corrected chi connectivity index (χ3v) is 5.87. The van der Waals surface area contributed by atoms with Crippen LogP contribution in [-0.2, 0) is 22.4 Å². The van der Waals surface area contributed by atoms with Crippen molar-refractivity contribution in [3.63, 3.8) is 0 Å². The van der Waals surface area contributed by atoms with E-state index in [0.717, 1.165) is 18.2 Å². The van der Waals surface area contributed by atoms with Crippen LogP contribution in [0.3, 0.4) is 0 Å². The third-order valence-electron chi connectivity index (χ3n) is 3.88. The second kappa shape index (κ2) is 9.27. The molecule has 0 aliphatic heterocycles. The maximum atomic E-state index is 12.8. The summed E-state index contributed by atoms with van der Waals surface area (Å²) in [5.41, 5.74) is -0.811. The summed E-state index contributed by atoms with van der Waals surface area (Å²) in [7, 11) is -1.26. The highest BCUT2D eigenvalue weighted by Crippen LogP contribution is 2.34. The smallest absolute Gasteiger partial charge is 0.433 e. The van der Waals surface area contributed by atoms with E-state index in [0.29, 0.717) is 6.61 Å². The summed E-state index contributed by atoms with van der Waals surface area (Å²) < 4.78 is 50.5. The molecule has 2 heterocycles. The van der Waals surface area contributed by atoms with Crippen molar-refractivity contribution < 1.29 is 27.4 Å². The average molecular weight is 450 g/mol. The molecule has 0 saturated carbocycles. The Morgan fingerprint density at radius 1 is 1.24 bits per heavy atom. The summed E-state index contributed by atoms with van der Waals surface area (Å²) in [5.74, 6) is -0.709. The highest BCUT2D eigenvalue weighted by molar-refractivity contribution is 6.76. The van der Waals surface area contributed by atoms with Gasteiger partial charge >= 0.3 is 12.1 Å². The Bertz CT molecular complexity index is 866. The molecule has 2 aromatic rings. The van der Waals surface area contributed by atoms with Crippen molar-refractivity contribution in [2.24, 2.45) is 0 Å². The van der Waals surface area contributed by atoms with Crippen LogP contribution in [0.25, 0.3) is 11.1 Å². The summed E-state index contributed by atoms with van der Waals surface area (Å²) >= 11 is 5.98. The van der Waals surface area contributed by atoms with Crippen LogP contribution in [0.1, 0.15) is 23.1 Å². The summed E-state index contributed by atoms with van der Waals surface area (Å²) in [6, 6.07) is 2.92. The quantitative estimate of drug-likeness (QED) is 0.242. The molecule has 11 heteroatoms. The van der Waals surface area contributed by atoms with Gasteiger partial charge in [0.25, 0.3) is 0 Å². The van der Waals surface area contributed by atoms with Crippen molar-refractivity contribution in [1.82, 2.24) is 14.8 Å². The van der Waals surface area contributed by atoms with Gasteiger partial charge in [0.1, 0.15) is 17.6 Å². The number of carbonyl (C=O) groups excluding carboxylic acids is 1. The predicted molar refractivity (Wildman–Crippen MR) is 106 cm³/mol. The predicted octanol–water partition coefficient (Wildman–Crippen LogP) is 5.11. The van der Waals surface area contributed by atoms with Crippen molar-refractivity contribution in [1.29, 1.82) is 0 Å². The number of hydrogen-bond donors (Lipinski definition) is 0. The lowest BCUT2D eigenvalue weighted by atomic mass is 10.1. The Morgan fingerprint density at radius 2 is 1.93 bits per heavy atom. The highest BCUT2D eigenvalue weighted by atomic mass is 35.5. The summed E-state index contributed by atoms with van der Waals surface area (Å²) in [4.78, 5) is 15.7. The van der Waals surface area contributed by atoms with E-state index in [-0.39, 0.29) is 35.3 Å². The highest BCUT2D eigenvalue weighted by Gasteiger charge is 2.33. The molecule has 0 atom stereocenters. The number of alkyl halides is 3. The Morgan fingerprint density at radius 3 is 2.48 bits per heavy atom. The molecule has 0 saturated heterocycles. The van der Waals surface area contributed by atoms with Gasteiger partial charge in [-0.25, -0.2) is 14.5 Å². The van der Waals surface area contributed by atoms with Crippen molar-refractivity contribution in [2.45, 2.75) is 45.5 Å². The van der Waals surface area contributed by atoms with Crippen molar-refractivity contribution in [3.8, 4) is 11.1 Å². The minimum absolute atomic E-state index is 0.0656. The molecule has 0 bridgehead atoms. The Kier molecular flexibility index (Phi) is 7.47. The number of ether oxygens (including phenoxy) is 2. The van der Waals surface area contributed by atoms with E-state index in [1.807, 2.05) is 0 Å². The second-order valence-electron chi connectivity index (χ2n) is 7.53. The van der Waals surface area contributed by atoms with Crippen LogP contribution in [0.2, 0.25) is 30.8 Å².